The van der Waals surface area contributed by atoms with E-state index in [2.05, 4.69) is 39.3 Å². The van der Waals surface area contributed by atoms with E-state index >= 15 is 0 Å². The van der Waals surface area contributed by atoms with Crippen LogP contribution in [0.25, 0.3) is 22.3 Å². The highest BCUT2D eigenvalue weighted by atomic mass is 14.9. The van der Waals surface area contributed by atoms with E-state index < -0.39 is 0 Å². The van der Waals surface area contributed by atoms with Gasteiger partial charge < -0.3 is 5.32 Å². The van der Waals surface area contributed by atoms with Gasteiger partial charge in [0.15, 0.2) is 5.82 Å². The molecule has 0 saturated heterocycles. The molecule has 1 N–H and O–H groups in total. The number of pyridine rings is 1. The minimum atomic E-state index is 0.683. The van der Waals surface area contributed by atoms with Crippen LogP contribution >= 0.6 is 0 Å². The van der Waals surface area contributed by atoms with Crippen molar-refractivity contribution < 1.29 is 0 Å². The van der Waals surface area contributed by atoms with Crippen LogP contribution in [0.15, 0.2) is 48.8 Å². The maximum Gasteiger partial charge on any atom is 0.179 e. The van der Waals surface area contributed by atoms with E-state index in [1.807, 2.05) is 30.5 Å². The number of rotatable bonds is 5. The fourth-order valence-corrected chi connectivity index (χ4v) is 2.30. The summed E-state index contributed by atoms with van der Waals surface area (Å²) in [5.41, 5.74) is 1.83. The lowest BCUT2D eigenvalue weighted by Crippen LogP contribution is -2.15. The summed E-state index contributed by atoms with van der Waals surface area (Å²) < 4.78 is 0. The van der Waals surface area contributed by atoms with Crippen LogP contribution in [0, 0.1) is 0 Å². The summed E-state index contributed by atoms with van der Waals surface area (Å²) in [7, 11) is 0. The second kappa shape index (κ2) is 6.41. The Morgan fingerprint density at radius 3 is 2.76 bits per heavy atom. The van der Waals surface area contributed by atoms with E-state index in [9.17, 15) is 0 Å². The van der Waals surface area contributed by atoms with E-state index in [0.29, 0.717) is 5.82 Å². The Kier molecular flexibility index (Phi) is 4.17. The topological polar surface area (TPSA) is 50.7 Å². The average molecular weight is 278 g/mol. The van der Waals surface area contributed by atoms with Gasteiger partial charge in [-0.25, -0.2) is 9.97 Å². The molecule has 0 aliphatic heterocycles. The van der Waals surface area contributed by atoms with Crippen molar-refractivity contribution in [1.29, 1.82) is 0 Å². The molecule has 0 bridgehead atoms. The molecule has 0 atom stereocenters. The summed E-state index contributed by atoms with van der Waals surface area (Å²) in [6.45, 7) is 3.90. The van der Waals surface area contributed by atoms with Gasteiger partial charge in [-0.1, -0.05) is 31.2 Å². The second-order valence-electron chi connectivity index (χ2n) is 4.93. The molecule has 0 aliphatic carbocycles. The molecule has 3 rings (SSSR count). The largest absolute Gasteiger partial charge is 0.311 e. The van der Waals surface area contributed by atoms with Gasteiger partial charge in [0, 0.05) is 24.3 Å². The first kappa shape index (κ1) is 13.6. The van der Waals surface area contributed by atoms with Gasteiger partial charge in [-0.15, -0.1) is 0 Å². The van der Waals surface area contributed by atoms with Crippen LogP contribution in [0.4, 0.5) is 0 Å². The van der Waals surface area contributed by atoms with Crippen LogP contribution in [0.5, 0.6) is 0 Å². The fourth-order valence-electron chi connectivity index (χ4n) is 2.30. The lowest BCUT2D eigenvalue weighted by molar-refractivity contribution is 0.663. The van der Waals surface area contributed by atoms with E-state index in [0.717, 1.165) is 41.7 Å². The number of hydrogen-bond donors (Lipinski definition) is 1. The van der Waals surface area contributed by atoms with Crippen LogP contribution in [-0.2, 0) is 6.54 Å². The van der Waals surface area contributed by atoms with Crippen LogP contribution in [-0.4, -0.2) is 21.5 Å². The highest BCUT2D eigenvalue weighted by Crippen LogP contribution is 2.23. The first-order valence-corrected chi connectivity index (χ1v) is 7.25. The van der Waals surface area contributed by atoms with Gasteiger partial charge >= 0.3 is 0 Å². The van der Waals surface area contributed by atoms with Crippen molar-refractivity contribution >= 4 is 10.8 Å². The molecule has 1 aromatic carbocycles. The van der Waals surface area contributed by atoms with Crippen LogP contribution in [0.3, 0.4) is 0 Å². The lowest BCUT2D eigenvalue weighted by Gasteiger charge is -2.06. The van der Waals surface area contributed by atoms with Crippen LogP contribution < -0.4 is 5.32 Å². The number of nitrogens with zero attached hydrogens (tertiary/aromatic N) is 3. The minimum absolute atomic E-state index is 0.683. The smallest absolute Gasteiger partial charge is 0.179 e. The van der Waals surface area contributed by atoms with E-state index in [1.165, 1.54) is 0 Å². The first-order valence-electron chi connectivity index (χ1n) is 7.25. The normalized spacial score (nSPS) is 10.9. The quantitative estimate of drug-likeness (QED) is 0.728. The Bertz CT molecular complexity index is 734. The predicted molar refractivity (Wildman–Crippen MR) is 84.8 cm³/mol. The van der Waals surface area contributed by atoms with Crippen molar-refractivity contribution in [3.05, 3.63) is 54.5 Å². The van der Waals surface area contributed by atoms with Gasteiger partial charge in [0.25, 0.3) is 0 Å². The molecular formula is C17H18N4. The Labute approximate surface area is 124 Å². The minimum Gasteiger partial charge on any atom is -0.311 e. The number of fused-ring (bicyclic) bond motifs is 1. The molecule has 3 aromatic rings. The summed E-state index contributed by atoms with van der Waals surface area (Å²) in [6, 6.07) is 12.1. The third-order valence-corrected chi connectivity index (χ3v) is 3.33. The molecule has 4 nitrogen and oxygen atoms in total. The molecule has 0 fully saturated rings. The molecule has 0 amide bonds. The van der Waals surface area contributed by atoms with E-state index in [1.54, 1.807) is 6.20 Å². The maximum atomic E-state index is 4.63. The monoisotopic (exact) mass is 278 g/mol. The van der Waals surface area contributed by atoms with Gasteiger partial charge in [-0.05, 0) is 30.5 Å². The zero-order valence-electron chi connectivity index (χ0n) is 12.1. The van der Waals surface area contributed by atoms with E-state index in [-0.39, 0.29) is 0 Å². The lowest BCUT2D eigenvalue weighted by atomic mass is 10.1. The zero-order chi connectivity index (χ0) is 14.5. The molecule has 0 saturated carbocycles. The Balaban J connectivity index is 1.97. The molecular weight excluding hydrogens is 260 g/mol. The fraction of sp³-hybridized carbons (Fsp3) is 0.235. The predicted octanol–water partition coefficient (Wildman–Crippen LogP) is 3.19. The third-order valence-electron chi connectivity index (χ3n) is 3.33. The van der Waals surface area contributed by atoms with Gasteiger partial charge in [-0.2, -0.15) is 0 Å². The summed E-state index contributed by atoms with van der Waals surface area (Å²) in [4.78, 5) is 13.5. The molecule has 0 spiro atoms. The molecule has 106 valence electrons. The molecule has 0 unspecified atom stereocenters. The van der Waals surface area contributed by atoms with Crippen LogP contribution in [0.1, 0.15) is 19.0 Å². The maximum absolute atomic E-state index is 4.63. The highest BCUT2D eigenvalue weighted by molar-refractivity contribution is 5.92. The van der Waals surface area contributed by atoms with Crippen molar-refractivity contribution in [1.82, 2.24) is 20.3 Å². The Morgan fingerprint density at radius 1 is 1.00 bits per heavy atom. The number of hydrogen-bond acceptors (Lipinski definition) is 4. The van der Waals surface area contributed by atoms with Crippen LogP contribution in [0.2, 0.25) is 0 Å². The molecule has 2 heterocycles. The van der Waals surface area contributed by atoms with Gasteiger partial charge in [0.05, 0.1) is 5.69 Å². The van der Waals surface area contributed by atoms with Crippen molar-refractivity contribution in [3.63, 3.8) is 0 Å². The highest BCUT2D eigenvalue weighted by Gasteiger charge is 2.08. The molecule has 0 aliphatic rings. The Morgan fingerprint density at radius 2 is 1.86 bits per heavy atom. The molecule has 2 aromatic heterocycles. The van der Waals surface area contributed by atoms with Crippen molar-refractivity contribution in [2.24, 2.45) is 0 Å². The first-order chi connectivity index (χ1) is 10.4. The zero-order valence-corrected chi connectivity index (χ0v) is 12.1. The molecule has 0 radical (unpaired) electrons. The number of nitrogens with one attached hydrogen (secondary N) is 1. The Hall–Kier alpha value is -2.33. The van der Waals surface area contributed by atoms with Gasteiger partial charge in [-0.3, -0.25) is 4.98 Å². The summed E-state index contributed by atoms with van der Waals surface area (Å²) in [6.07, 6.45) is 4.72. The summed E-state index contributed by atoms with van der Waals surface area (Å²) >= 11 is 0. The summed E-state index contributed by atoms with van der Waals surface area (Å²) in [5, 5.41) is 5.59. The number of aromatic nitrogens is 3. The van der Waals surface area contributed by atoms with Crippen molar-refractivity contribution in [3.8, 4) is 11.5 Å². The number of benzene rings is 1. The molecule has 21 heavy (non-hydrogen) atoms. The van der Waals surface area contributed by atoms with Crippen molar-refractivity contribution in [2.45, 2.75) is 19.9 Å². The van der Waals surface area contributed by atoms with Gasteiger partial charge in [0.2, 0.25) is 0 Å². The average Bonchev–Trinajstić information content (AvgIpc) is 2.55. The summed E-state index contributed by atoms with van der Waals surface area (Å²) in [5.74, 6) is 0.683. The molecule has 4 heteroatoms. The standard InChI is InChI=1S/C17H18N4/c1-2-9-18-12-14-8-11-20-17(21-14)16-15-6-4-3-5-13(15)7-10-19-16/h3-8,10-11,18H,2,9,12H2,1H3. The van der Waals surface area contributed by atoms with Gasteiger partial charge in [0.1, 0.15) is 5.69 Å². The SMILES string of the molecule is CCCNCc1ccnc(-c2nccc3ccccc23)n1. The van der Waals surface area contributed by atoms with E-state index in [4.69, 9.17) is 0 Å². The second-order valence-corrected chi connectivity index (χ2v) is 4.93. The van der Waals surface area contributed by atoms with Crippen molar-refractivity contribution in [2.75, 3.05) is 6.54 Å². The third kappa shape index (κ3) is 3.06.